The predicted octanol–water partition coefficient (Wildman–Crippen LogP) is 2.23. The van der Waals surface area contributed by atoms with E-state index >= 15 is 0 Å². The Hall–Kier alpha value is -2.68. The van der Waals surface area contributed by atoms with Crippen LogP contribution in [0.4, 0.5) is 19.0 Å². The molecule has 0 saturated carbocycles. The van der Waals surface area contributed by atoms with Gasteiger partial charge in [-0.3, -0.25) is 0 Å². The average Bonchev–Trinajstić information content (AvgIpc) is 2.94. The largest absolute Gasteiger partial charge is 0.423 e. The molecule has 0 bridgehead atoms. The maximum absolute atomic E-state index is 13.5. The van der Waals surface area contributed by atoms with E-state index in [0.29, 0.717) is 11.2 Å². The number of hydrogen-bond acceptors (Lipinski definition) is 5. The number of anilines is 1. The maximum atomic E-state index is 13.5. The molecule has 0 spiro atoms. The van der Waals surface area contributed by atoms with Gasteiger partial charge in [0.25, 0.3) is 0 Å². The van der Waals surface area contributed by atoms with Crippen LogP contribution in [0.2, 0.25) is 0 Å². The molecule has 0 aliphatic heterocycles. The Bertz CT molecular complexity index is 849. The molecule has 9 heteroatoms. The van der Waals surface area contributed by atoms with Crippen molar-refractivity contribution in [3.8, 4) is 0 Å². The van der Waals surface area contributed by atoms with E-state index in [-0.39, 0.29) is 11.4 Å². The van der Waals surface area contributed by atoms with Crippen LogP contribution in [0.1, 0.15) is 5.56 Å². The summed E-state index contributed by atoms with van der Waals surface area (Å²) >= 11 is 0. The Labute approximate surface area is 135 Å². The minimum absolute atomic E-state index is 0.124. The van der Waals surface area contributed by atoms with Crippen molar-refractivity contribution >= 4 is 17.0 Å². The van der Waals surface area contributed by atoms with Crippen LogP contribution in [0.5, 0.6) is 0 Å². The summed E-state index contributed by atoms with van der Waals surface area (Å²) in [5, 5.41) is 12.9. The zero-order valence-corrected chi connectivity index (χ0v) is 12.6. The van der Waals surface area contributed by atoms with Gasteiger partial charge in [-0.2, -0.15) is 13.2 Å². The number of alkyl halides is 3. The zero-order chi connectivity index (χ0) is 17.4. The van der Waals surface area contributed by atoms with Gasteiger partial charge in [-0.15, -0.1) is 0 Å². The number of aliphatic hydroxyl groups is 1. The van der Waals surface area contributed by atoms with Crippen molar-refractivity contribution in [3.63, 3.8) is 0 Å². The molecule has 3 rings (SSSR count). The van der Waals surface area contributed by atoms with Gasteiger partial charge < -0.3 is 15.0 Å². The van der Waals surface area contributed by atoms with E-state index in [4.69, 9.17) is 0 Å². The molecule has 24 heavy (non-hydrogen) atoms. The van der Waals surface area contributed by atoms with Crippen molar-refractivity contribution in [1.29, 1.82) is 0 Å². The van der Waals surface area contributed by atoms with E-state index in [1.54, 1.807) is 17.7 Å². The molecule has 2 heterocycles. The Balaban J connectivity index is 1.94. The second-order valence-electron chi connectivity index (χ2n) is 5.33. The lowest BCUT2D eigenvalue weighted by atomic mass is 9.93. The van der Waals surface area contributed by atoms with Gasteiger partial charge >= 0.3 is 6.18 Å². The third-order valence-corrected chi connectivity index (χ3v) is 3.73. The molecule has 1 aromatic carbocycles. The molecule has 3 aromatic rings. The zero-order valence-electron chi connectivity index (χ0n) is 12.6. The molecular formula is C15H14F3N5O. The van der Waals surface area contributed by atoms with E-state index in [9.17, 15) is 18.3 Å². The van der Waals surface area contributed by atoms with E-state index in [2.05, 4.69) is 20.3 Å². The summed E-state index contributed by atoms with van der Waals surface area (Å²) in [6, 6.07) is 6.91. The lowest BCUT2D eigenvalue weighted by Gasteiger charge is -2.31. The first-order valence-corrected chi connectivity index (χ1v) is 7.03. The lowest BCUT2D eigenvalue weighted by Crippen LogP contribution is -2.47. The summed E-state index contributed by atoms with van der Waals surface area (Å²) in [5.41, 5.74) is -2.50. The predicted molar refractivity (Wildman–Crippen MR) is 81.2 cm³/mol. The first kappa shape index (κ1) is 16.2. The highest BCUT2D eigenvalue weighted by Crippen LogP contribution is 2.39. The van der Waals surface area contributed by atoms with Crippen LogP contribution < -0.4 is 5.32 Å². The van der Waals surface area contributed by atoms with Gasteiger partial charge in [0.1, 0.15) is 11.8 Å². The summed E-state index contributed by atoms with van der Waals surface area (Å²) in [5.74, 6) is 0.124. The Kier molecular flexibility index (Phi) is 3.88. The van der Waals surface area contributed by atoms with Gasteiger partial charge in [0.05, 0.1) is 12.9 Å². The van der Waals surface area contributed by atoms with Crippen LogP contribution >= 0.6 is 0 Å². The van der Waals surface area contributed by atoms with Crippen LogP contribution in [0.3, 0.4) is 0 Å². The Morgan fingerprint density at radius 2 is 1.83 bits per heavy atom. The number of nitrogens with one attached hydrogen (secondary N) is 1. The number of imidazole rings is 1. The highest BCUT2D eigenvalue weighted by molar-refractivity contribution is 5.82. The molecule has 0 amide bonds. The number of fused-ring (bicyclic) bond motifs is 1. The SMILES string of the molecule is Cn1cnc2c(NCC(O)(c3ccccc3)C(F)(F)F)ncnc21. The summed E-state index contributed by atoms with van der Waals surface area (Å²) in [7, 11) is 1.71. The topological polar surface area (TPSA) is 75.9 Å². The maximum Gasteiger partial charge on any atom is 0.423 e. The second kappa shape index (κ2) is 5.75. The molecule has 0 fully saturated rings. The number of hydrogen-bond donors (Lipinski definition) is 2. The fraction of sp³-hybridized carbons (Fsp3) is 0.267. The first-order valence-electron chi connectivity index (χ1n) is 7.03. The molecule has 0 saturated heterocycles. The van der Waals surface area contributed by atoms with E-state index in [1.807, 2.05) is 0 Å². The Morgan fingerprint density at radius 1 is 1.12 bits per heavy atom. The van der Waals surface area contributed by atoms with Crippen molar-refractivity contribution in [1.82, 2.24) is 19.5 Å². The van der Waals surface area contributed by atoms with E-state index < -0.39 is 18.3 Å². The van der Waals surface area contributed by atoms with Crippen molar-refractivity contribution < 1.29 is 18.3 Å². The molecule has 0 aliphatic carbocycles. The highest BCUT2D eigenvalue weighted by atomic mass is 19.4. The van der Waals surface area contributed by atoms with Crippen molar-refractivity contribution in [2.24, 2.45) is 7.05 Å². The highest BCUT2D eigenvalue weighted by Gasteiger charge is 2.54. The summed E-state index contributed by atoms with van der Waals surface area (Å²) in [4.78, 5) is 12.0. The van der Waals surface area contributed by atoms with E-state index in [1.165, 1.54) is 36.9 Å². The molecule has 0 aliphatic rings. The number of benzene rings is 1. The van der Waals surface area contributed by atoms with Gasteiger partial charge in [-0.05, 0) is 5.56 Å². The number of nitrogens with zero attached hydrogens (tertiary/aromatic N) is 4. The third-order valence-electron chi connectivity index (χ3n) is 3.73. The van der Waals surface area contributed by atoms with E-state index in [0.717, 1.165) is 0 Å². The minimum atomic E-state index is -4.86. The lowest BCUT2D eigenvalue weighted by molar-refractivity contribution is -0.260. The normalized spacial score (nSPS) is 14.5. The molecule has 6 nitrogen and oxygen atoms in total. The van der Waals surface area contributed by atoms with Gasteiger partial charge in [0, 0.05) is 7.05 Å². The smallest absolute Gasteiger partial charge is 0.375 e. The number of aryl methyl sites for hydroxylation is 1. The van der Waals surface area contributed by atoms with Crippen molar-refractivity contribution in [3.05, 3.63) is 48.5 Å². The monoisotopic (exact) mass is 337 g/mol. The quantitative estimate of drug-likeness (QED) is 0.763. The molecule has 2 N–H and O–H groups in total. The fourth-order valence-corrected chi connectivity index (χ4v) is 2.37. The molecule has 1 atom stereocenters. The van der Waals surface area contributed by atoms with Crippen molar-refractivity contribution in [2.45, 2.75) is 11.8 Å². The molecule has 0 radical (unpaired) electrons. The summed E-state index contributed by atoms with van der Waals surface area (Å²) in [6.07, 6.45) is -2.16. The third kappa shape index (κ3) is 2.67. The number of halogens is 3. The fourth-order valence-electron chi connectivity index (χ4n) is 2.37. The standard InChI is InChI=1S/C15H14F3N5O/c1-23-9-22-11-12(20-8-21-13(11)23)19-7-14(24,15(16,17)18)10-5-3-2-4-6-10/h2-6,8-9,24H,7H2,1H3,(H,19,20,21). The average molecular weight is 337 g/mol. The van der Waals surface area contributed by atoms with Gasteiger partial charge in [-0.25, -0.2) is 15.0 Å². The van der Waals surface area contributed by atoms with Crippen LogP contribution in [0.15, 0.2) is 43.0 Å². The molecule has 1 unspecified atom stereocenters. The first-order chi connectivity index (χ1) is 11.3. The minimum Gasteiger partial charge on any atom is -0.375 e. The van der Waals surface area contributed by atoms with Gasteiger partial charge in [0.2, 0.25) is 5.60 Å². The number of aromatic nitrogens is 4. The molecule has 126 valence electrons. The second-order valence-corrected chi connectivity index (χ2v) is 5.33. The van der Waals surface area contributed by atoms with Crippen LogP contribution in [0, 0.1) is 0 Å². The van der Waals surface area contributed by atoms with Gasteiger partial charge in [0.15, 0.2) is 11.5 Å². The molecule has 2 aromatic heterocycles. The van der Waals surface area contributed by atoms with Crippen LogP contribution in [0.25, 0.3) is 11.2 Å². The summed E-state index contributed by atoms with van der Waals surface area (Å²) < 4.78 is 42.0. The summed E-state index contributed by atoms with van der Waals surface area (Å²) in [6.45, 7) is -0.802. The molecular weight excluding hydrogens is 323 g/mol. The van der Waals surface area contributed by atoms with Crippen LogP contribution in [-0.2, 0) is 12.6 Å². The van der Waals surface area contributed by atoms with Crippen LogP contribution in [-0.4, -0.2) is 37.3 Å². The Morgan fingerprint density at radius 3 is 2.50 bits per heavy atom. The van der Waals surface area contributed by atoms with Crippen molar-refractivity contribution in [2.75, 3.05) is 11.9 Å². The number of rotatable bonds is 4. The van der Waals surface area contributed by atoms with Gasteiger partial charge in [-0.1, -0.05) is 30.3 Å².